The molecule has 3 aliphatic heterocycles. The SMILES string of the molecule is C[C@@H]1CN(S(=O)(=O)c2cccc(-c3ccc4c(n3)C(c3ccncc3)=CCN4)c2)C[C@H](Cc2cnc3ccc(-c4cccc(NCCN5CCC(c6cnc7ccc(-c8cccc(N)c8)nc7c6-c6ccncc6)C5)c4)nc3c2-c2ccncc2)N1. The van der Waals surface area contributed by atoms with Crippen LogP contribution in [-0.4, -0.2) is 115 Å². The number of hydrogen-bond acceptors (Lipinski definition) is 15. The number of likely N-dealkylation sites (tertiary alicyclic amines) is 1. The lowest BCUT2D eigenvalue weighted by Gasteiger charge is -2.37. The molecule has 16 nitrogen and oxygen atoms in total. The number of hydrogen-bond donors (Lipinski definition) is 4. The molecule has 11 heterocycles. The smallest absolute Gasteiger partial charge is 0.243 e. The number of rotatable bonds is 15. The van der Waals surface area contributed by atoms with Crippen molar-refractivity contribution >= 4 is 54.7 Å². The largest absolute Gasteiger partial charge is 0.399 e. The summed E-state index contributed by atoms with van der Waals surface area (Å²) in [4.78, 5) is 41.3. The molecule has 0 aliphatic carbocycles. The van der Waals surface area contributed by atoms with Crippen molar-refractivity contribution in [3.63, 3.8) is 0 Å². The monoisotopic (exact) mass is 1150 g/mol. The minimum absolute atomic E-state index is 0.122. The number of benzene rings is 3. The van der Waals surface area contributed by atoms with Crippen LogP contribution in [0.5, 0.6) is 0 Å². The van der Waals surface area contributed by atoms with Crippen LogP contribution in [0.15, 0.2) is 206 Å². The molecule has 0 radical (unpaired) electrons. The first-order valence-corrected chi connectivity index (χ1v) is 30.6. The van der Waals surface area contributed by atoms with Crippen LogP contribution in [0.3, 0.4) is 0 Å². The van der Waals surface area contributed by atoms with E-state index in [0.717, 1.165) is 139 Å². The minimum atomic E-state index is -3.92. The second kappa shape index (κ2) is 23.4. The zero-order valence-corrected chi connectivity index (χ0v) is 48.2. The predicted molar refractivity (Wildman–Crippen MR) is 341 cm³/mol. The van der Waals surface area contributed by atoms with Crippen LogP contribution in [0.25, 0.3) is 83.7 Å². The van der Waals surface area contributed by atoms with E-state index in [1.54, 1.807) is 47.3 Å². The molecule has 2 fully saturated rings. The molecule has 17 heteroatoms. The molecule has 14 rings (SSSR count). The fourth-order valence-corrected chi connectivity index (χ4v) is 14.2. The number of sulfonamides is 1. The van der Waals surface area contributed by atoms with Gasteiger partial charge in [-0.15, -0.1) is 0 Å². The summed E-state index contributed by atoms with van der Waals surface area (Å²) in [7, 11) is -3.92. The van der Waals surface area contributed by atoms with Gasteiger partial charge in [-0.3, -0.25) is 24.9 Å². The summed E-state index contributed by atoms with van der Waals surface area (Å²) in [6.07, 6.45) is 18.4. The van der Waals surface area contributed by atoms with E-state index >= 15 is 0 Å². The van der Waals surface area contributed by atoms with Gasteiger partial charge in [-0.25, -0.2) is 23.4 Å². The second-order valence-corrected chi connectivity index (χ2v) is 24.4. The molecular weight excluding hydrogens is 1090 g/mol. The third-order valence-corrected chi connectivity index (χ3v) is 18.5. The van der Waals surface area contributed by atoms with Crippen molar-refractivity contribution < 1.29 is 8.42 Å². The summed E-state index contributed by atoms with van der Waals surface area (Å²) in [5.41, 5.74) is 26.2. The quantitative estimate of drug-likeness (QED) is 0.0705. The van der Waals surface area contributed by atoms with Crippen LogP contribution >= 0.6 is 0 Å². The molecule has 426 valence electrons. The standard InChI is InChI=1S/C69H62N14O2S/c1-44-41-83(86(84,85)56-10-4-7-50(38-56)61-11-14-62-67(79-61)57(23-31-75-62)45-17-25-71-26-18-45)43-55(78-44)37-52-39-76-63-15-13-60(80-68(63)65(52)46-19-27-72-28-20-46)49-6-3-9-54(36-49)74-32-34-82-33-24-51(42-82)58-40-77-64-16-12-59(48-5-2-8-53(70)35-48)81-69(64)66(58)47-21-29-73-30-22-47/h2-23,25-30,35-36,38-40,44,51,55,74-75,78H,24,31-34,37,41-43,70H2,1H3/t44-,51?,55+/m1/s1. The van der Waals surface area contributed by atoms with Gasteiger partial charge in [-0.05, 0) is 163 Å². The Morgan fingerprint density at radius 3 is 1.99 bits per heavy atom. The number of nitrogen functional groups attached to an aromatic ring is 1. The van der Waals surface area contributed by atoms with Gasteiger partial charge in [0.2, 0.25) is 10.0 Å². The molecule has 0 bridgehead atoms. The summed E-state index contributed by atoms with van der Waals surface area (Å²) in [5, 5.41) is 10.9. The lowest BCUT2D eigenvalue weighted by atomic mass is 9.90. The van der Waals surface area contributed by atoms with Gasteiger partial charge in [0.15, 0.2) is 0 Å². The van der Waals surface area contributed by atoms with Crippen LogP contribution in [0.2, 0.25) is 0 Å². The molecule has 86 heavy (non-hydrogen) atoms. The predicted octanol–water partition coefficient (Wildman–Crippen LogP) is 11.4. The van der Waals surface area contributed by atoms with Crippen LogP contribution in [0, 0.1) is 0 Å². The topological polar surface area (TPSA) is 206 Å². The number of aromatic nitrogens is 8. The van der Waals surface area contributed by atoms with Crippen molar-refractivity contribution in [3.05, 3.63) is 224 Å². The van der Waals surface area contributed by atoms with Crippen LogP contribution in [0.4, 0.5) is 17.1 Å². The van der Waals surface area contributed by atoms with Crippen molar-refractivity contribution in [2.75, 3.05) is 62.2 Å². The van der Waals surface area contributed by atoms with Gasteiger partial charge in [0.1, 0.15) is 0 Å². The highest BCUT2D eigenvalue weighted by molar-refractivity contribution is 7.89. The Balaban J connectivity index is 0.678. The van der Waals surface area contributed by atoms with Gasteiger partial charge < -0.3 is 26.6 Å². The Hall–Kier alpha value is -9.65. The highest BCUT2D eigenvalue weighted by atomic mass is 32.2. The van der Waals surface area contributed by atoms with Crippen LogP contribution < -0.4 is 21.7 Å². The summed E-state index contributed by atoms with van der Waals surface area (Å²) in [6.45, 7) is 6.80. The van der Waals surface area contributed by atoms with Gasteiger partial charge >= 0.3 is 0 Å². The van der Waals surface area contributed by atoms with Crippen molar-refractivity contribution in [2.24, 2.45) is 0 Å². The van der Waals surface area contributed by atoms with E-state index in [0.29, 0.717) is 30.9 Å². The van der Waals surface area contributed by atoms with Crippen molar-refractivity contribution in [1.29, 1.82) is 0 Å². The molecule has 11 aromatic rings. The summed E-state index contributed by atoms with van der Waals surface area (Å²) in [6, 6.07) is 47.2. The zero-order valence-electron chi connectivity index (χ0n) is 47.4. The Labute approximate surface area is 499 Å². The Morgan fingerprint density at radius 2 is 1.26 bits per heavy atom. The van der Waals surface area contributed by atoms with E-state index in [1.807, 2.05) is 110 Å². The van der Waals surface area contributed by atoms with Gasteiger partial charge in [0.25, 0.3) is 0 Å². The molecule has 0 saturated carbocycles. The molecule has 1 unspecified atom stereocenters. The van der Waals surface area contributed by atoms with E-state index in [2.05, 4.69) is 90.5 Å². The number of nitrogens with two attached hydrogens (primary N) is 1. The number of fused-ring (bicyclic) bond motifs is 3. The van der Waals surface area contributed by atoms with E-state index < -0.39 is 10.0 Å². The van der Waals surface area contributed by atoms with Crippen LogP contribution in [0.1, 0.15) is 41.6 Å². The maximum absolute atomic E-state index is 14.8. The summed E-state index contributed by atoms with van der Waals surface area (Å²) >= 11 is 0. The fraction of sp³-hybridized carbons (Fsp3) is 0.188. The molecule has 3 atom stereocenters. The second-order valence-electron chi connectivity index (χ2n) is 22.4. The third-order valence-electron chi connectivity index (χ3n) is 16.7. The average Bonchev–Trinajstić information content (AvgIpc) is 2.18. The molecule has 8 aromatic heterocycles. The fourth-order valence-electron chi connectivity index (χ4n) is 12.6. The lowest BCUT2D eigenvalue weighted by Crippen LogP contribution is -2.57. The number of piperazine rings is 1. The molecule has 3 aliphatic rings. The first-order chi connectivity index (χ1) is 42.1. The van der Waals surface area contributed by atoms with Crippen molar-refractivity contribution in [1.82, 2.24) is 54.4 Å². The minimum Gasteiger partial charge on any atom is -0.399 e. The first-order valence-electron chi connectivity index (χ1n) is 29.2. The first kappa shape index (κ1) is 54.3. The third kappa shape index (κ3) is 11.0. The highest BCUT2D eigenvalue weighted by Gasteiger charge is 2.35. The van der Waals surface area contributed by atoms with Gasteiger partial charge in [0, 0.05) is 152 Å². The lowest BCUT2D eigenvalue weighted by molar-refractivity contribution is 0.251. The Kier molecular flexibility index (Phi) is 14.8. The van der Waals surface area contributed by atoms with E-state index in [9.17, 15) is 8.42 Å². The maximum atomic E-state index is 14.8. The molecule has 5 N–H and O–H groups in total. The summed E-state index contributed by atoms with van der Waals surface area (Å²) in [5.74, 6) is 0.277. The molecule has 0 spiro atoms. The molecule has 0 amide bonds. The van der Waals surface area contributed by atoms with Gasteiger partial charge in [-0.1, -0.05) is 42.5 Å². The van der Waals surface area contributed by atoms with Crippen molar-refractivity contribution in [3.8, 4) is 56.0 Å². The maximum Gasteiger partial charge on any atom is 0.243 e. The Bertz CT molecular complexity index is 4480. The normalized spacial score (nSPS) is 17.3. The Morgan fingerprint density at radius 1 is 0.628 bits per heavy atom. The van der Waals surface area contributed by atoms with Crippen molar-refractivity contribution in [2.45, 2.75) is 42.7 Å². The number of nitrogens with zero attached hydrogens (tertiary/aromatic N) is 10. The number of pyridine rings is 8. The van der Waals surface area contributed by atoms with Gasteiger partial charge in [-0.2, -0.15) is 4.31 Å². The van der Waals surface area contributed by atoms with Crippen LogP contribution in [-0.2, 0) is 16.4 Å². The zero-order chi connectivity index (χ0) is 58.1. The number of nitrogens with one attached hydrogen (secondary N) is 3. The van der Waals surface area contributed by atoms with E-state index in [4.69, 9.17) is 30.7 Å². The number of anilines is 3. The van der Waals surface area contributed by atoms with E-state index in [-0.39, 0.29) is 29.4 Å². The summed E-state index contributed by atoms with van der Waals surface area (Å²) < 4.78 is 31.1. The van der Waals surface area contributed by atoms with Gasteiger partial charge in [0.05, 0.1) is 55.4 Å². The van der Waals surface area contributed by atoms with E-state index in [1.165, 1.54) is 5.56 Å². The molecular formula is C69H62N14O2S. The average molecular weight is 1150 g/mol. The molecule has 3 aromatic carbocycles. The highest BCUT2D eigenvalue weighted by Crippen LogP contribution is 2.40. The molecule has 2 saturated heterocycles.